The van der Waals surface area contributed by atoms with Crippen LogP contribution >= 0.6 is 11.3 Å². The fourth-order valence-corrected chi connectivity index (χ4v) is 4.82. The lowest BCUT2D eigenvalue weighted by molar-refractivity contribution is 0.0531. The molecule has 0 unspecified atom stereocenters. The highest BCUT2D eigenvalue weighted by molar-refractivity contribution is 7.90. The monoisotopic (exact) mass is 474 g/mol. The molecule has 0 amide bonds. The fraction of sp³-hybridized carbons (Fsp3) is 0.263. The van der Waals surface area contributed by atoms with E-state index in [1.807, 2.05) is 0 Å². The molecule has 4 rings (SSSR count). The number of benzene rings is 1. The van der Waals surface area contributed by atoms with Crippen LogP contribution in [0.3, 0.4) is 0 Å². The third kappa shape index (κ3) is 3.91. The first-order valence-corrected chi connectivity index (χ1v) is 12.1. The molecule has 4 aromatic rings. The molecule has 3 heterocycles. The number of hydrogen-bond donors (Lipinski definition) is 0. The summed E-state index contributed by atoms with van der Waals surface area (Å²) in [6.45, 7) is 3.65. The summed E-state index contributed by atoms with van der Waals surface area (Å²) in [4.78, 5) is 30.5. The number of thiophene rings is 1. The molecule has 0 bridgehead atoms. The Hall–Kier alpha value is -3.45. The van der Waals surface area contributed by atoms with Crippen LogP contribution in [0.25, 0.3) is 15.9 Å². The van der Waals surface area contributed by atoms with Crippen molar-refractivity contribution in [2.45, 2.75) is 25.3 Å². The van der Waals surface area contributed by atoms with Gasteiger partial charge in [-0.05, 0) is 54.1 Å². The van der Waals surface area contributed by atoms with Gasteiger partial charge >= 0.3 is 5.97 Å². The maximum Gasteiger partial charge on any atom is 0.348 e. The second-order valence-corrected chi connectivity index (χ2v) is 9.92. The first-order valence-electron chi connectivity index (χ1n) is 9.44. The number of rotatable bonds is 6. The average molecular weight is 475 g/mol. The van der Waals surface area contributed by atoms with Crippen LogP contribution in [0, 0.1) is 6.92 Å². The highest BCUT2D eigenvalue weighted by atomic mass is 32.2. The van der Waals surface area contributed by atoms with E-state index in [1.54, 1.807) is 26.0 Å². The van der Waals surface area contributed by atoms with Crippen LogP contribution in [-0.2, 0) is 21.1 Å². The van der Waals surface area contributed by atoms with Gasteiger partial charge in [0.25, 0.3) is 5.56 Å². The number of hydrogen-bond acceptors (Lipinski definition) is 10. The van der Waals surface area contributed by atoms with Gasteiger partial charge in [0.2, 0.25) is 0 Å². The Labute approximate surface area is 186 Å². The maximum absolute atomic E-state index is 13.1. The van der Waals surface area contributed by atoms with Crippen LogP contribution in [0.5, 0.6) is 0 Å². The van der Waals surface area contributed by atoms with Gasteiger partial charge in [-0.25, -0.2) is 18.2 Å². The van der Waals surface area contributed by atoms with Gasteiger partial charge in [0, 0.05) is 6.26 Å². The van der Waals surface area contributed by atoms with Crippen molar-refractivity contribution in [1.29, 1.82) is 0 Å². The summed E-state index contributed by atoms with van der Waals surface area (Å²) in [7, 11) is -3.33. The van der Waals surface area contributed by atoms with Crippen LogP contribution in [0.2, 0.25) is 0 Å². The molecule has 0 spiro atoms. The Kier molecular flexibility index (Phi) is 5.60. The molecule has 0 aliphatic heterocycles. The molecule has 11 nitrogen and oxygen atoms in total. The molecule has 13 heteroatoms. The van der Waals surface area contributed by atoms with Crippen molar-refractivity contribution in [3.8, 4) is 5.69 Å². The summed E-state index contributed by atoms with van der Waals surface area (Å²) in [5, 5.41) is 11.9. The Balaban J connectivity index is 1.70. The number of fused-ring (bicyclic) bond motifs is 1. The molecular formula is C19H18N6O5S2. The molecule has 3 aromatic heterocycles. The van der Waals surface area contributed by atoms with E-state index in [0.717, 1.165) is 17.6 Å². The predicted molar refractivity (Wildman–Crippen MR) is 116 cm³/mol. The summed E-state index contributed by atoms with van der Waals surface area (Å²) in [6.07, 6.45) is 2.50. The van der Waals surface area contributed by atoms with Crippen LogP contribution < -0.4 is 5.56 Å². The molecular weight excluding hydrogens is 456 g/mol. The number of ether oxygens (including phenoxy) is 1. The minimum atomic E-state index is -3.33. The van der Waals surface area contributed by atoms with Gasteiger partial charge in [0.15, 0.2) is 15.7 Å². The van der Waals surface area contributed by atoms with Crippen molar-refractivity contribution in [3.05, 3.63) is 57.2 Å². The zero-order chi connectivity index (χ0) is 23.0. The number of nitrogens with zero attached hydrogens (tertiary/aromatic N) is 6. The summed E-state index contributed by atoms with van der Waals surface area (Å²) >= 11 is 1.11. The molecule has 32 heavy (non-hydrogen) atoms. The lowest BCUT2D eigenvalue weighted by atomic mass is 10.2. The van der Waals surface area contributed by atoms with Gasteiger partial charge in [0.05, 0.1) is 35.4 Å². The molecule has 0 aliphatic rings. The van der Waals surface area contributed by atoms with Gasteiger partial charge in [-0.2, -0.15) is 4.68 Å². The summed E-state index contributed by atoms with van der Waals surface area (Å²) in [5.74, 6) is -0.140. The third-order valence-corrected chi connectivity index (χ3v) is 7.04. The second kappa shape index (κ2) is 8.24. The van der Waals surface area contributed by atoms with Gasteiger partial charge in [-0.15, -0.1) is 16.4 Å². The highest BCUT2D eigenvalue weighted by Crippen LogP contribution is 2.27. The molecule has 166 valence electrons. The molecule has 1 aromatic carbocycles. The smallest absolute Gasteiger partial charge is 0.348 e. The van der Waals surface area contributed by atoms with Crippen molar-refractivity contribution >= 4 is 37.4 Å². The van der Waals surface area contributed by atoms with Crippen molar-refractivity contribution < 1.29 is 17.9 Å². The number of carbonyl (C=O) groups is 1. The summed E-state index contributed by atoms with van der Waals surface area (Å²) < 4.78 is 31.2. The van der Waals surface area contributed by atoms with Gasteiger partial charge in [-0.1, -0.05) is 0 Å². The van der Waals surface area contributed by atoms with E-state index in [9.17, 15) is 18.0 Å². The van der Waals surface area contributed by atoms with E-state index in [0.29, 0.717) is 32.2 Å². The number of sulfone groups is 1. The summed E-state index contributed by atoms with van der Waals surface area (Å²) in [5.41, 5.74) is 0.725. The lowest BCUT2D eigenvalue weighted by Gasteiger charge is -2.07. The van der Waals surface area contributed by atoms with E-state index < -0.39 is 15.8 Å². The first kappa shape index (κ1) is 21.8. The minimum Gasteiger partial charge on any atom is -0.462 e. The van der Waals surface area contributed by atoms with E-state index >= 15 is 0 Å². The van der Waals surface area contributed by atoms with E-state index in [-0.39, 0.29) is 23.6 Å². The zero-order valence-corrected chi connectivity index (χ0v) is 19.0. The zero-order valence-electron chi connectivity index (χ0n) is 17.3. The Morgan fingerprint density at radius 3 is 2.59 bits per heavy atom. The van der Waals surface area contributed by atoms with Crippen LogP contribution in [0.1, 0.15) is 28.0 Å². The van der Waals surface area contributed by atoms with Gasteiger partial charge in [0.1, 0.15) is 9.71 Å². The number of aromatic nitrogens is 6. The molecule has 0 saturated heterocycles. The lowest BCUT2D eigenvalue weighted by Crippen LogP contribution is -2.23. The van der Waals surface area contributed by atoms with Crippen molar-refractivity contribution in [3.63, 3.8) is 0 Å². The standard InChI is InChI=1S/C19H18N6O5S2/c1-4-30-19(27)16-11(2)15-17(31-16)20-10-24(18(15)26)9-14-21-22-23-25(14)12-5-7-13(8-6-12)32(3,28)29/h5-8,10H,4,9H2,1-3H3. The third-order valence-electron chi connectivity index (χ3n) is 4.73. The normalized spacial score (nSPS) is 11.7. The largest absolute Gasteiger partial charge is 0.462 e. The van der Waals surface area contributed by atoms with Gasteiger partial charge < -0.3 is 4.74 Å². The Bertz CT molecular complexity index is 1480. The predicted octanol–water partition coefficient (Wildman–Crippen LogP) is 1.37. The van der Waals surface area contributed by atoms with Crippen molar-refractivity contribution in [1.82, 2.24) is 29.8 Å². The van der Waals surface area contributed by atoms with E-state index in [2.05, 4.69) is 20.5 Å². The second-order valence-electron chi connectivity index (χ2n) is 6.91. The highest BCUT2D eigenvalue weighted by Gasteiger charge is 2.21. The molecule has 0 fully saturated rings. The van der Waals surface area contributed by atoms with Crippen LogP contribution in [-0.4, -0.2) is 57.0 Å². The molecule has 0 aliphatic carbocycles. The first-order chi connectivity index (χ1) is 15.2. The number of carbonyl (C=O) groups excluding carboxylic acids is 1. The van der Waals surface area contributed by atoms with Crippen LogP contribution in [0.15, 0.2) is 40.3 Å². The molecule has 0 saturated carbocycles. The number of tetrazole rings is 1. The van der Waals surface area contributed by atoms with E-state index in [1.165, 1.54) is 27.7 Å². The molecule has 0 atom stereocenters. The quantitative estimate of drug-likeness (QED) is 0.379. The number of aryl methyl sites for hydroxylation is 1. The van der Waals surface area contributed by atoms with Crippen LogP contribution in [0.4, 0.5) is 0 Å². The Morgan fingerprint density at radius 1 is 1.22 bits per heavy atom. The topological polar surface area (TPSA) is 139 Å². The summed E-state index contributed by atoms with van der Waals surface area (Å²) in [6, 6.07) is 6.08. The maximum atomic E-state index is 13.1. The average Bonchev–Trinajstić information content (AvgIpc) is 3.34. The molecule has 0 N–H and O–H groups in total. The Morgan fingerprint density at radius 2 is 1.94 bits per heavy atom. The van der Waals surface area contributed by atoms with Crippen molar-refractivity contribution in [2.24, 2.45) is 0 Å². The SMILES string of the molecule is CCOC(=O)c1sc2ncn(Cc3nnnn3-c3ccc(S(C)(=O)=O)cc3)c(=O)c2c1C. The van der Waals surface area contributed by atoms with Crippen molar-refractivity contribution in [2.75, 3.05) is 12.9 Å². The molecule has 0 radical (unpaired) electrons. The number of esters is 1. The fourth-order valence-electron chi connectivity index (χ4n) is 3.15. The van der Waals surface area contributed by atoms with Gasteiger partial charge in [-0.3, -0.25) is 9.36 Å². The van der Waals surface area contributed by atoms with E-state index in [4.69, 9.17) is 4.74 Å². The minimum absolute atomic E-state index is 0.0205.